The van der Waals surface area contributed by atoms with Crippen molar-refractivity contribution in [2.75, 3.05) is 19.6 Å². The van der Waals surface area contributed by atoms with Crippen LogP contribution in [-0.4, -0.2) is 36.6 Å². The minimum absolute atomic E-state index is 0.786. The average Bonchev–Trinajstić information content (AvgIpc) is 2.79. The van der Waals surface area contributed by atoms with Gasteiger partial charge in [-0.25, -0.2) is 0 Å². The predicted octanol–water partition coefficient (Wildman–Crippen LogP) is 2.78. The van der Waals surface area contributed by atoms with Crippen LogP contribution in [0.5, 0.6) is 0 Å². The molecule has 0 radical (unpaired) electrons. The van der Waals surface area contributed by atoms with Crippen LogP contribution < -0.4 is 5.32 Å². The summed E-state index contributed by atoms with van der Waals surface area (Å²) in [5.41, 5.74) is 0. The van der Waals surface area contributed by atoms with Gasteiger partial charge in [0.25, 0.3) is 0 Å². The first-order valence-electron chi connectivity index (χ1n) is 7.37. The predicted molar refractivity (Wildman–Crippen MR) is 69.8 cm³/mol. The second-order valence-corrected chi connectivity index (χ2v) is 5.58. The quantitative estimate of drug-likeness (QED) is 0.722. The van der Waals surface area contributed by atoms with Gasteiger partial charge in [-0.2, -0.15) is 0 Å². The van der Waals surface area contributed by atoms with Crippen LogP contribution in [-0.2, 0) is 0 Å². The van der Waals surface area contributed by atoms with Crippen LogP contribution in [0.25, 0.3) is 0 Å². The number of rotatable bonds is 5. The van der Waals surface area contributed by atoms with Crippen LogP contribution in [0.1, 0.15) is 58.3 Å². The van der Waals surface area contributed by atoms with Crippen molar-refractivity contribution in [3.63, 3.8) is 0 Å². The highest BCUT2D eigenvalue weighted by atomic mass is 15.2. The molecule has 2 heteroatoms. The van der Waals surface area contributed by atoms with Gasteiger partial charge in [0.1, 0.15) is 0 Å². The van der Waals surface area contributed by atoms with Gasteiger partial charge in [-0.1, -0.05) is 32.6 Å². The van der Waals surface area contributed by atoms with Crippen molar-refractivity contribution in [2.45, 2.75) is 70.4 Å². The summed E-state index contributed by atoms with van der Waals surface area (Å²) in [6.45, 7) is 6.15. The van der Waals surface area contributed by atoms with Crippen LogP contribution in [0.2, 0.25) is 0 Å². The van der Waals surface area contributed by atoms with E-state index in [9.17, 15) is 0 Å². The molecule has 0 aromatic rings. The fraction of sp³-hybridized carbons (Fsp3) is 1.00. The van der Waals surface area contributed by atoms with E-state index in [2.05, 4.69) is 17.1 Å². The van der Waals surface area contributed by atoms with Crippen molar-refractivity contribution in [3.05, 3.63) is 0 Å². The van der Waals surface area contributed by atoms with Gasteiger partial charge in [-0.3, -0.25) is 4.90 Å². The molecule has 2 rings (SSSR count). The largest absolute Gasteiger partial charge is 0.313 e. The van der Waals surface area contributed by atoms with E-state index < -0.39 is 0 Å². The lowest BCUT2D eigenvalue weighted by Gasteiger charge is -2.31. The summed E-state index contributed by atoms with van der Waals surface area (Å²) in [5, 5.41) is 3.71. The molecule has 1 saturated heterocycles. The minimum Gasteiger partial charge on any atom is -0.313 e. The van der Waals surface area contributed by atoms with Gasteiger partial charge in [0.05, 0.1) is 0 Å². The van der Waals surface area contributed by atoms with E-state index in [0.29, 0.717) is 0 Å². The molecule has 1 heterocycles. The second-order valence-electron chi connectivity index (χ2n) is 5.58. The number of hydrogen-bond donors (Lipinski definition) is 1. The lowest BCUT2D eigenvalue weighted by Crippen LogP contribution is -2.38. The molecule has 2 nitrogen and oxygen atoms in total. The molecular formula is C14H28N2. The Hall–Kier alpha value is -0.0800. The lowest BCUT2D eigenvalue weighted by molar-refractivity contribution is 0.187. The Bertz CT molecular complexity index is 187. The molecule has 0 amide bonds. The lowest BCUT2D eigenvalue weighted by atomic mass is 9.94. The van der Waals surface area contributed by atoms with E-state index in [-0.39, 0.29) is 0 Å². The van der Waals surface area contributed by atoms with Crippen molar-refractivity contribution in [3.8, 4) is 0 Å². The van der Waals surface area contributed by atoms with Gasteiger partial charge in [-0.05, 0) is 32.2 Å². The Morgan fingerprint density at radius 3 is 2.69 bits per heavy atom. The molecule has 0 aromatic heterocycles. The highest BCUT2D eigenvalue weighted by Crippen LogP contribution is 2.25. The van der Waals surface area contributed by atoms with Gasteiger partial charge in [0.2, 0.25) is 0 Å². The highest BCUT2D eigenvalue weighted by Gasteiger charge is 2.28. The third-order valence-electron chi connectivity index (χ3n) is 4.27. The van der Waals surface area contributed by atoms with E-state index in [1.807, 2.05) is 0 Å². The zero-order chi connectivity index (χ0) is 11.2. The van der Waals surface area contributed by atoms with Crippen molar-refractivity contribution in [1.82, 2.24) is 10.2 Å². The summed E-state index contributed by atoms with van der Waals surface area (Å²) >= 11 is 0. The number of nitrogens with one attached hydrogen (secondary N) is 1. The van der Waals surface area contributed by atoms with Gasteiger partial charge < -0.3 is 5.32 Å². The van der Waals surface area contributed by atoms with Crippen LogP contribution >= 0.6 is 0 Å². The van der Waals surface area contributed by atoms with Crippen LogP contribution in [0.3, 0.4) is 0 Å². The summed E-state index contributed by atoms with van der Waals surface area (Å²) < 4.78 is 0. The van der Waals surface area contributed by atoms with E-state index in [0.717, 1.165) is 12.1 Å². The summed E-state index contributed by atoms with van der Waals surface area (Å²) in [7, 11) is 0. The zero-order valence-corrected chi connectivity index (χ0v) is 10.9. The Kier molecular flexibility index (Phi) is 5.11. The fourth-order valence-corrected chi connectivity index (χ4v) is 3.21. The van der Waals surface area contributed by atoms with Crippen LogP contribution in [0.15, 0.2) is 0 Å². The summed E-state index contributed by atoms with van der Waals surface area (Å²) in [6, 6.07) is 1.71. The molecule has 1 aliphatic heterocycles. The van der Waals surface area contributed by atoms with E-state index in [1.54, 1.807) is 0 Å². The molecule has 2 aliphatic rings. The first kappa shape index (κ1) is 12.4. The summed E-state index contributed by atoms with van der Waals surface area (Å²) in [5.74, 6) is 0. The molecule has 94 valence electrons. The molecule has 1 aliphatic carbocycles. The fourth-order valence-electron chi connectivity index (χ4n) is 3.21. The van der Waals surface area contributed by atoms with E-state index >= 15 is 0 Å². The molecule has 1 saturated carbocycles. The molecule has 0 bridgehead atoms. The number of nitrogens with zero attached hydrogens (tertiary/aromatic N) is 1. The highest BCUT2D eigenvalue weighted by molar-refractivity contribution is 4.86. The molecular weight excluding hydrogens is 196 g/mol. The van der Waals surface area contributed by atoms with Gasteiger partial charge >= 0.3 is 0 Å². The SMILES string of the molecule is CCCCNC1CCN(C2CCCCC2)C1. The second kappa shape index (κ2) is 6.61. The molecule has 1 unspecified atom stereocenters. The van der Waals surface area contributed by atoms with Gasteiger partial charge in [-0.15, -0.1) is 0 Å². The average molecular weight is 224 g/mol. The standard InChI is InChI=1S/C14H28N2/c1-2-3-10-15-13-9-11-16(12-13)14-7-5-4-6-8-14/h13-15H,2-12H2,1H3. The third-order valence-corrected chi connectivity index (χ3v) is 4.27. The molecule has 1 N–H and O–H groups in total. The molecule has 16 heavy (non-hydrogen) atoms. The van der Waals surface area contributed by atoms with Crippen LogP contribution in [0.4, 0.5) is 0 Å². The molecule has 0 aromatic carbocycles. The van der Waals surface area contributed by atoms with Crippen molar-refractivity contribution >= 4 is 0 Å². The van der Waals surface area contributed by atoms with Gasteiger partial charge in [0, 0.05) is 25.2 Å². The third kappa shape index (κ3) is 3.46. The van der Waals surface area contributed by atoms with Gasteiger partial charge in [0.15, 0.2) is 0 Å². The topological polar surface area (TPSA) is 15.3 Å². The first-order valence-corrected chi connectivity index (χ1v) is 7.37. The monoisotopic (exact) mass is 224 g/mol. The summed E-state index contributed by atoms with van der Waals surface area (Å²) in [4.78, 5) is 2.75. The van der Waals surface area contributed by atoms with E-state index in [4.69, 9.17) is 0 Å². The zero-order valence-electron chi connectivity index (χ0n) is 10.9. The summed E-state index contributed by atoms with van der Waals surface area (Å²) in [6.07, 6.45) is 11.3. The first-order chi connectivity index (χ1) is 7.90. The molecule has 0 spiro atoms. The Balaban J connectivity index is 1.66. The minimum atomic E-state index is 0.786. The van der Waals surface area contributed by atoms with Crippen molar-refractivity contribution < 1.29 is 0 Å². The number of hydrogen-bond acceptors (Lipinski definition) is 2. The van der Waals surface area contributed by atoms with Crippen molar-refractivity contribution in [1.29, 1.82) is 0 Å². The van der Waals surface area contributed by atoms with Crippen LogP contribution in [0, 0.1) is 0 Å². The molecule has 1 atom stereocenters. The Labute approximate surface area is 101 Å². The molecule has 2 fully saturated rings. The maximum absolute atomic E-state index is 3.71. The van der Waals surface area contributed by atoms with E-state index in [1.165, 1.54) is 71.0 Å². The Morgan fingerprint density at radius 1 is 1.12 bits per heavy atom. The smallest absolute Gasteiger partial charge is 0.0207 e. The number of likely N-dealkylation sites (tertiary alicyclic amines) is 1. The van der Waals surface area contributed by atoms with Crippen molar-refractivity contribution in [2.24, 2.45) is 0 Å². The Morgan fingerprint density at radius 2 is 1.94 bits per heavy atom. The maximum Gasteiger partial charge on any atom is 0.0207 e. The normalized spacial score (nSPS) is 28.7. The maximum atomic E-state index is 3.71. The number of unbranched alkanes of at least 4 members (excludes halogenated alkanes) is 1.